The summed E-state index contributed by atoms with van der Waals surface area (Å²) in [6, 6.07) is 0. The van der Waals surface area contributed by atoms with Crippen molar-refractivity contribution in [3.8, 4) is 0 Å². The first-order chi connectivity index (χ1) is 5.64. The van der Waals surface area contributed by atoms with Crippen LogP contribution in [0.15, 0.2) is 24.0 Å². The van der Waals surface area contributed by atoms with Gasteiger partial charge < -0.3 is 14.9 Å². The van der Waals surface area contributed by atoms with Gasteiger partial charge >= 0.3 is 0 Å². The third-order valence-electron chi connectivity index (χ3n) is 1.63. The van der Waals surface area contributed by atoms with Crippen LogP contribution in [0.25, 0.3) is 0 Å². The molecule has 68 valence electrons. The highest BCUT2D eigenvalue weighted by atomic mass is 16.5. The van der Waals surface area contributed by atoms with Gasteiger partial charge in [-0.05, 0) is 25.5 Å². The Morgan fingerprint density at radius 2 is 2.42 bits per heavy atom. The van der Waals surface area contributed by atoms with Gasteiger partial charge in [0.1, 0.15) is 12.4 Å². The number of aliphatic hydroxyl groups is 2. The summed E-state index contributed by atoms with van der Waals surface area (Å²) in [5.41, 5.74) is -0.806. The Bertz CT molecular complexity index is 204. The van der Waals surface area contributed by atoms with Gasteiger partial charge in [0.05, 0.1) is 12.2 Å². The maximum Gasteiger partial charge on any atom is 0.117 e. The second-order valence-electron chi connectivity index (χ2n) is 3.08. The fourth-order valence-electron chi connectivity index (χ4n) is 1.08. The number of hydrogen-bond donors (Lipinski definition) is 2. The van der Waals surface area contributed by atoms with Crippen LogP contribution in [0, 0.1) is 0 Å². The van der Waals surface area contributed by atoms with E-state index in [1.54, 1.807) is 19.1 Å². The molecule has 0 bridgehead atoms. The summed E-state index contributed by atoms with van der Waals surface area (Å²) in [4.78, 5) is 0. The van der Waals surface area contributed by atoms with Crippen molar-refractivity contribution in [2.75, 3.05) is 13.2 Å². The lowest BCUT2D eigenvalue weighted by Gasteiger charge is -2.21. The summed E-state index contributed by atoms with van der Waals surface area (Å²) >= 11 is 0. The van der Waals surface area contributed by atoms with Gasteiger partial charge in [-0.1, -0.05) is 6.08 Å². The molecule has 12 heavy (non-hydrogen) atoms. The molecule has 0 heterocycles. The van der Waals surface area contributed by atoms with Crippen LogP contribution in [0.1, 0.15) is 13.3 Å². The zero-order valence-corrected chi connectivity index (χ0v) is 7.16. The Morgan fingerprint density at radius 1 is 1.67 bits per heavy atom. The molecule has 1 atom stereocenters. The van der Waals surface area contributed by atoms with Crippen molar-refractivity contribution >= 4 is 0 Å². The van der Waals surface area contributed by atoms with E-state index < -0.39 is 5.60 Å². The van der Waals surface area contributed by atoms with E-state index in [-0.39, 0.29) is 13.2 Å². The largest absolute Gasteiger partial charge is 0.491 e. The molecule has 0 saturated heterocycles. The van der Waals surface area contributed by atoms with Gasteiger partial charge in [0.15, 0.2) is 0 Å². The Hall–Kier alpha value is -0.800. The van der Waals surface area contributed by atoms with Crippen molar-refractivity contribution in [2.45, 2.75) is 18.9 Å². The Balaban J connectivity index is 2.52. The highest BCUT2D eigenvalue weighted by molar-refractivity contribution is 5.22. The molecule has 0 aromatic heterocycles. The van der Waals surface area contributed by atoms with Crippen LogP contribution in [0.3, 0.4) is 0 Å². The molecule has 0 aromatic carbocycles. The molecule has 3 nitrogen and oxygen atoms in total. The molecule has 1 rings (SSSR count). The minimum Gasteiger partial charge on any atom is -0.491 e. The maximum atomic E-state index is 9.57. The maximum absolute atomic E-state index is 9.57. The Labute approximate surface area is 72.0 Å². The third kappa shape index (κ3) is 2.68. The zero-order valence-electron chi connectivity index (χ0n) is 7.16. The molecular formula is C9H14O3. The number of aliphatic hydroxyl groups excluding tert-OH is 1. The first-order valence-corrected chi connectivity index (χ1v) is 3.99. The number of allylic oxidation sites excluding steroid dienone is 1. The lowest BCUT2D eigenvalue weighted by Crippen LogP contribution is -2.22. The van der Waals surface area contributed by atoms with Crippen molar-refractivity contribution in [3.05, 3.63) is 24.0 Å². The van der Waals surface area contributed by atoms with E-state index in [4.69, 9.17) is 9.84 Å². The van der Waals surface area contributed by atoms with Crippen molar-refractivity contribution in [3.63, 3.8) is 0 Å². The zero-order chi connectivity index (χ0) is 9.03. The van der Waals surface area contributed by atoms with Gasteiger partial charge in [-0.2, -0.15) is 0 Å². The van der Waals surface area contributed by atoms with Crippen molar-refractivity contribution in [2.24, 2.45) is 0 Å². The minimum atomic E-state index is -0.806. The lowest BCUT2D eigenvalue weighted by molar-refractivity contribution is 0.0981. The fraction of sp³-hybridized carbons (Fsp3) is 0.556. The van der Waals surface area contributed by atoms with E-state index in [2.05, 4.69) is 0 Å². The van der Waals surface area contributed by atoms with Gasteiger partial charge in [0.2, 0.25) is 0 Å². The summed E-state index contributed by atoms with van der Waals surface area (Å²) < 4.78 is 5.13. The van der Waals surface area contributed by atoms with Crippen LogP contribution in [-0.4, -0.2) is 29.0 Å². The summed E-state index contributed by atoms with van der Waals surface area (Å²) in [6.07, 6.45) is 5.92. The van der Waals surface area contributed by atoms with Crippen LogP contribution in [0.4, 0.5) is 0 Å². The summed E-state index contributed by atoms with van der Waals surface area (Å²) in [6.45, 7) is 1.98. The van der Waals surface area contributed by atoms with Gasteiger partial charge in [0, 0.05) is 0 Å². The van der Waals surface area contributed by atoms with E-state index >= 15 is 0 Å². The highest BCUT2D eigenvalue weighted by Gasteiger charge is 2.19. The van der Waals surface area contributed by atoms with Crippen LogP contribution < -0.4 is 0 Å². The van der Waals surface area contributed by atoms with Gasteiger partial charge in [-0.15, -0.1) is 0 Å². The lowest BCUT2D eigenvalue weighted by atomic mass is 9.97. The number of rotatable bonds is 3. The molecular weight excluding hydrogens is 156 g/mol. The molecule has 0 amide bonds. The van der Waals surface area contributed by atoms with E-state index in [0.717, 1.165) is 0 Å². The monoisotopic (exact) mass is 170 g/mol. The average molecular weight is 170 g/mol. The standard InChI is InChI=1S/C9H14O3/c1-9(11)4-2-3-8(7-9)12-6-5-10/h2-3,7,10-11H,4-6H2,1H3. The van der Waals surface area contributed by atoms with E-state index in [1.165, 1.54) is 0 Å². The van der Waals surface area contributed by atoms with Gasteiger partial charge in [-0.3, -0.25) is 0 Å². The van der Waals surface area contributed by atoms with E-state index in [1.807, 2.05) is 6.08 Å². The minimum absolute atomic E-state index is 0.00662. The fourth-order valence-corrected chi connectivity index (χ4v) is 1.08. The molecule has 3 heteroatoms. The SMILES string of the molecule is CC1(O)C=C(OCCO)C=CC1. The molecule has 0 aliphatic heterocycles. The summed E-state index contributed by atoms with van der Waals surface area (Å²) in [5, 5.41) is 18.1. The average Bonchev–Trinajstić information content (AvgIpc) is 1.99. The van der Waals surface area contributed by atoms with E-state index in [9.17, 15) is 5.11 Å². The van der Waals surface area contributed by atoms with Crippen LogP contribution >= 0.6 is 0 Å². The summed E-state index contributed by atoms with van der Waals surface area (Å²) in [7, 11) is 0. The topological polar surface area (TPSA) is 49.7 Å². The second kappa shape index (κ2) is 3.74. The summed E-state index contributed by atoms with van der Waals surface area (Å²) in [5.74, 6) is 0.625. The van der Waals surface area contributed by atoms with Crippen molar-refractivity contribution in [1.82, 2.24) is 0 Å². The van der Waals surface area contributed by atoms with Gasteiger partial charge in [-0.25, -0.2) is 0 Å². The van der Waals surface area contributed by atoms with Crippen molar-refractivity contribution in [1.29, 1.82) is 0 Å². The molecule has 0 fully saturated rings. The predicted octanol–water partition coefficient (Wildman–Crippen LogP) is 0.590. The number of hydrogen-bond acceptors (Lipinski definition) is 3. The number of ether oxygens (including phenoxy) is 1. The van der Waals surface area contributed by atoms with Crippen LogP contribution in [0.5, 0.6) is 0 Å². The molecule has 0 aromatic rings. The Morgan fingerprint density at radius 3 is 3.00 bits per heavy atom. The molecule has 0 saturated carbocycles. The highest BCUT2D eigenvalue weighted by Crippen LogP contribution is 2.20. The van der Waals surface area contributed by atoms with Gasteiger partial charge in [0.25, 0.3) is 0 Å². The molecule has 1 aliphatic rings. The molecule has 1 aliphatic carbocycles. The van der Waals surface area contributed by atoms with Crippen molar-refractivity contribution < 1.29 is 14.9 Å². The predicted molar refractivity (Wildman–Crippen MR) is 45.5 cm³/mol. The second-order valence-corrected chi connectivity index (χ2v) is 3.08. The Kier molecular flexibility index (Phi) is 2.89. The van der Waals surface area contributed by atoms with E-state index in [0.29, 0.717) is 12.2 Å². The molecule has 2 N–H and O–H groups in total. The normalized spacial score (nSPS) is 28.4. The quantitative estimate of drug-likeness (QED) is 0.651. The third-order valence-corrected chi connectivity index (χ3v) is 1.63. The van der Waals surface area contributed by atoms with Crippen LogP contribution in [0.2, 0.25) is 0 Å². The smallest absolute Gasteiger partial charge is 0.117 e. The molecule has 0 radical (unpaired) electrons. The first-order valence-electron chi connectivity index (χ1n) is 3.99. The first kappa shape index (κ1) is 9.29. The molecule has 0 spiro atoms. The van der Waals surface area contributed by atoms with Crippen LogP contribution in [-0.2, 0) is 4.74 Å². The molecule has 1 unspecified atom stereocenters.